The number of aromatic nitrogens is 2. The average Bonchev–Trinajstić information content (AvgIpc) is 3.22. The summed E-state index contributed by atoms with van der Waals surface area (Å²) in [7, 11) is 3.41. The van der Waals surface area contributed by atoms with E-state index in [1.807, 2.05) is 7.05 Å². The molecule has 1 aliphatic carbocycles. The van der Waals surface area contributed by atoms with Crippen molar-refractivity contribution in [2.75, 3.05) is 44.5 Å². The van der Waals surface area contributed by atoms with Crippen molar-refractivity contribution in [1.82, 2.24) is 15.3 Å². The van der Waals surface area contributed by atoms with Gasteiger partial charge in [-0.1, -0.05) is 0 Å². The molecule has 1 aromatic rings. The molecule has 7 heteroatoms. The van der Waals surface area contributed by atoms with Crippen LogP contribution in [0.3, 0.4) is 0 Å². The molecule has 0 atom stereocenters. The van der Waals surface area contributed by atoms with Crippen molar-refractivity contribution in [1.29, 1.82) is 0 Å². The van der Waals surface area contributed by atoms with Gasteiger partial charge in [0.05, 0.1) is 13.2 Å². The molecule has 1 amide bonds. The van der Waals surface area contributed by atoms with Crippen molar-refractivity contribution in [3.8, 4) is 0 Å². The molecule has 1 fully saturated rings. The number of nitrogens with one attached hydrogen (secondary N) is 1. The highest BCUT2D eigenvalue weighted by atomic mass is 16.5. The minimum absolute atomic E-state index is 0.0743. The molecule has 0 bridgehead atoms. The molecule has 0 aliphatic heterocycles. The number of amides is 1. The maximum atomic E-state index is 11.7. The van der Waals surface area contributed by atoms with E-state index >= 15 is 0 Å². The largest absolute Gasteiger partial charge is 0.384 e. The lowest BCUT2D eigenvalue weighted by Gasteiger charge is -2.18. The number of nitrogens with two attached hydrogens (primary N) is 1. The summed E-state index contributed by atoms with van der Waals surface area (Å²) in [6.45, 7) is 1.23. The van der Waals surface area contributed by atoms with Gasteiger partial charge in [-0.05, 0) is 12.8 Å². The normalized spacial score (nSPS) is 14.1. The number of anilines is 2. The first-order valence-electron chi connectivity index (χ1n) is 6.71. The number of ether oxygens (including phenoxy) is 1. The van der Waals surface area contributed by atoms with Crippen molar-refractivity contribution < 1.29 is 9.53 Å². The first-order chi connectivity index (χ1) is 9.60. The van der Waals surface area contributed by atoms with Gasteiger partial charge in [0.15, 0.2) is 0 Å². The number of carbonyl (C=O) groups is 1. The number of nitrogens with zero attached hydrogens (tertiary/aromatic N) is 3. The predicted molar refractivity (Wildman–Crippen MR) is 76.6 cm³/mol. The van der Waals surface area contributed by atoms with Crippen LogP contribution in [0.15, 0.2) is 6.07 Å². The summed E-state index contributed by atoms with van der Waals surface area (Å²) < 4.78 is 4.88. The lowest BCUT2D eigenvalue weighted by molar-refractivity contribution is -0.119. The minimum atomic E-state index is -0.0743. The quantitative estimate of drug-likeness (QED) is 0.689. The molecule has 1 aliphatic rings. The first kappa shape index (κ1) is 14.5. The summed E-state index contributed by atoms with van der Waals surface area (Å²) in [5.41, 5.74) is 5.80. The van der Waals surface area contributed by atoms with Crippen molar-refractivity contribution in [2.45, 2.75) is 18.8 Å². The molecule has 7 nitrogen and oxygen atoms in total. The third-order valence-electron chi connectivity index (χ3n) is 3.09. The molecule has 1 aromatic heterocycles. The molecule has 0 spiro atoms. The van der Waals surface area contributed by atoms with Crippen molar-refractivity contribution >= 4 is 17.5 Å². The fourth-order valence-electron chi connectivity index (χ4n) is 1.84. The number of methoxy groups -OCH3 is 1. The van der Waals surface area contributed by atoms with E-state index in [4.69, 9.17) is 10.5 Å². The van der Waals surface area contributed by atoms with Gasteiger partial charge in [-0.2, -0.15) is 0 Å². The second kappa shape index (κ2) is 6.51. The standard InChI is InChI=1S/C13H21N5O2/c1-18(8-12(19)15-5-6-20-2)11-7-10(14)16-13(17-11)9-3-4-9/h7,9H,3-6,8H2,1-2H3,(H,15,19)(H2,14,16,17). The molecule has 3 N–H and O–H groups in total. The van der Waals surface area contributed by atoms with E-state index in [-0.39, 0.29) is 12.5 Å². The molecule has 0 unspecified atom stereocenters. The highest BCUT2D eigenvalue weighted by Crippen LogP contribution is 2.38. The van der Waals surface area contributed by atoms with Gasteiger partial charge in [-0.25, -0.2) is 9.97 Å². The molecular weight excluding hydrogens is 258 g/mol. The highest BCUT2D eigenvalue weighted by molar-refractivity contribution is 5.80. The Labute approximate surface area is 118 Å². The number of carbonyl (C=O) groups excluding carboxylic acids is 1. The zero-order chi connectivity index (χ0) is 14.5. The van der Waals surface area contributed by atoms with Crippen molar-refractivity contribution in [3.05, 3.63) is 11.9 Å². The molecule has 0 aromatic carbocycles. The Kier molecular flexibility index (Phi) is 4.73. The summed E-state index contributed by atoms with van der Waals surface area (Å²) in [5, 5.41) is 2.77. The van der Waals surface area contributed by atoms with Crippen molar-refractivity contribution in [3.63, 3.8) is 0 Å². The van der Waals surface area contributed by atoms with Gasteiger partial charge in [0.2, 0.25) is 5.91 Å². The van der Waals surface area contributed by atoms with Crippen LogP contribution in [0.1, 0.15) is 24.6 Å². The van der Waals surface area contributed by atoms with E-state index in [0.717, 1.165) is 18.7 Å². The van der Waals surface area contributed by atoms with Crippen LogP contribution >= 0.6 is 0 Å². The summed E-state index contributed by atoms with van der Waals surface area (Å²) >= 11 is 0. The number of hydrogen-bond acceptors (Lipinski definition) is 6. The van der Waals surface area contributed by atoms with E-state index in [1.54, 1.807) is 18.1 Å². The Bertz CT molecular complexity index is 476. The summed E-state index contributed by atoms with van der Waals surface area (Å²) in [4.78, 5) is 22.2. The Morgan fingerprint density at radius 1 is 1.55 bits per heavy atom. The summed E-state index contributed by atoms with van der Waals surface area (Å²) in [6, 6.07) is 1.69. The average molecular weight is 279 g/mol. The van der Waals surface area contributed by atoms with E-state index in [1.165, 1.54) is 0 Å². The fraction of sp³-hybridized carbons (Fsp3) is 0.615. The number of rotatable bonds is 7. The molecule has 110 valence electrons. The SMILES string of the molecule is COCCNC(=O)CN(C)c1cc(N)nc(C2CC2)n1. The van der Waals surface area contributed by atoms with Crippen LogP contribution in [-0.2, 0) is 9.53 Å². The van der Waals surface area contributed by atoms with E-state index < -0.39 is 0 Å². The maximum Gasteiger partial charge on any atom is 0.239 e. The molecule has 0 saturated heterocycles. The van der Waals surface area contributed by atoms with Crippen LogP contribution in [-0.4, -0.2) is 49.7 Å². The van der Waals surface area contributed by atoms with E-state index in [0.29, 0.717) is 30.7 Å². The Balaban J connectivity index is 1.94. The molecule has 2 rings (SSSR count). The second-order valence-corrected chi connectivity index (χ2v) is 4.98. The molecule has 1 saturated carbocycles. The number of likely N-dealkylation sites (N-methyl/N-ethyl adjacent to an activating group) is 1. The molecule has 1 heterocycles. The minimum Gasteiger partial charge on any atom is -0.384 e. The second-order valence-electron chi connectivity index (χ2n) is 4.98. The van der Waals surface area contributed by atoms with Crippen LogP contribution in [0.2, 0.25) is 0 Å². The molecule has 0 radical (unpaired) electrons. The smallest absolute Gasteiger partial charge is 0.239 e. The van der Waals surface area contributed by atoms with Gasteiger partial charge >= 0.3 is 0 Å². The van der Waals surface area contributed by atoms with E-state index in [2.05, 4.69) is 15.3 Å². The van der Waals surface area contributed by atoms with Gasteiger partial charge in [0.25, 0.3) is 0 Å². The zero-order valence-electron chi connectivity index (χ0n) is 11.9. The lowest BCUT2D eigenvalue weighted by Crippen LogP contribution is -2.37. The van der Waals surface area contributed by atoms with Gasteiger partial charge in [0.1, 0.15) is 17.5 Å². The number of hydrogen-bond donors (Lipinski definition) is 2. The summed E-state index contributed by atoms with van der Waals surface area (Å²) in [6.07, 6.45) is 2.23. The molecular formula is C13H21N5O2. The summed E-state index contributed by atoms with van der Waals surface area (Å²) in [5.74, 6) is 2.27. The monoisotopic (exact) mass is 279 g/mol. The van der Waals surface area contributed by atoms with Crippen molar-refractivity contribution in [2.24, 2.45) is 0 Å². The Morgan fingerprint density at radius 2 is 2.30 bits per heavy atom. The van der Waals surface area contributed by atoms with Gasteiger partial charge in [-0.3, -0.25) is 4.79 Å². The third-order valence-corrected chi connectivity index (χ3v) is 3.09. The Morgan fingerprint density at radius 3 is 2.95 bits per heavy atom. The predicted octanol–water partition coefficient (Wildman–Crippen LogP) is 0.135. The number of nitrogen functional groups attached to an aromatic ring is 1. The van der Waals surface area contributed by atoms with Gasteiger partial charge in [0, 0.05) is 32.7 Å². The lowest BCUT2D eigenvalue weighted by atomic mass is 10.3. The fourth-order valence-corrected chi connectivity index (χ4v) is 1.84. The van der Waals surface area contributed by atoms with E-state index in [9.17, 15) is 4.79 Å². The van der Waals surface area contributed by atoms with Gasteiger partial charge in [-0.15, -0.1) is 0 Å². The topological polar surface area (TPSA) is 93.4 Å². The molecule has 20 heavy (non-hydrogen) atoms. The van der Waals surface area contributed by atoms with Crippen LogP contribution in [0.25, 0.3) is 0 Å². The van der Waals surface area contributed by atoms with Crippen LogP contribution in [0.5, 0.6) is 0 Å². The highest BCUT2D eigenvalue weighted by Gasteiger charge is 2.27. The zero-order valence-corrected chi connectivity index (χ0v) is 11.9. The van der Waals surface area contributed by atoms with Crippen LogP contribution in [0, 0.1) is 0 Å². The maximum absolute atomic E-state index is 11.7. The van der Waals surface area contributed by atoms with Crippen LogP contribution in [0.4, 0.5) is 11.6 Å². The van der Waals surface area contributed by atoms with Gasteiger partial charge < -0.3 is 20.7 Å². The third kappa shape index (κ3) is 4.06. The van der Waals surface area contributed by atoms with Crippen LogP contribution < -0.4 is 16.0 Å². The Hall–Kier alpha value is -1.89. The first-order valence-corrected chi connectivity index (χ1v) is 6.71.